The minimum Gasteiger partial charge on any atom is -0.397 e. The molecule has 0 radical (unpaired) electrons. The molecule has 0 saturated heterocycles. The minimum absolute atomic E-state index is 0.607. The molecule has 2 saturated carbocycles. The van der Waals surface area contributed by atoms with Crippen molar-refractivity contribution in [1.82, 2.24) is 4.98 Å². The Balaban J connectivity index is 1.62. The first kappa shape index (κ1) is 11.1. The number of benzene rings is 1. The molecule has 0 amide bonds. The van der Waals surface area contributed by atoms with E-state index in [2.05, 4.69) is 22.4 Å². The summed E-state index contributed by atoms with van der Waals surface area (Å²) < 4.78 is 0. The standard InChI is InChI=1S/C16H19N3/c17-13-5-6-14(12-2-1-9-18-15(12)13)19-10-16(7-8-16)11-3-4-11/h1-2,5-6,9,11,19H,3-4,7-8,10,17H2. The van der Waals surface area contributed by atoms with Crippen molar-refractivity contribution in [3.8, 4) is 0 Å². The molecule has 98 valence electrons. The third-order valence-corrected chi connectivity index (χ3v) is 4.77. The molecule has 3 heteroatoms. The zero-order valence-electron chi connectivity index (χ0n) is 11.0. The van der Waals surface area contributed by atoms with E-state index in [1.807, 2.05) is 12.1 Å². The van der Waals surface area contributed by atoms with Crippen LogP contribution in [0, 0.1) is 11.3 Å². The first-order valence-electron chi connectivity index (χ1n) is 7.16. The normalized spacial score (nSPS) is 20.4. The van der Waals surface area contributed by atoms with E-state index in [9.17, 15) is 0 Å². The van der Waals surface area contributed by atoms with Gasteiger partial charge in [0.1, 0.15) is 0 Å². The summed E-state index contributed by atoms with van der Waals surface area (Å²) in [5.74, 6) is 0.984. The molecule has 1 heterocycles. The number of anilines is 2. The Morgan fingerprint density at radius 1 is 1.26 bits per heavy atom. The number of nitrogens with zero attached hydrogens (tertiary/aromatic N) is 1. The van der Waals surface area contributed by atoms with Crippen LogP contribution in [0.4, 0.5) is 11.4 Å². The van der Waals surface area contributed by atoms with Crippen molar-refractivity contribution in [2.45, 2.75) is 25.7 Å². The number of pyridine rings is 1. The highest BCUT2D eigenvalue weighted by Gasteiger charge is 2.53. The van der Waals surface area contributed by atoms with Crippen molar-refractivity contribution in [2.24, 2.45) is 11.3 Å². The third-order valence-electron chi connectivity index (χ3n) is 4.77. The van der Waals surface area contributed by atoms with Crippen molar-refractivity contribution in [2.75, 3.05) is 17.6 Å². The summed E-state index contributed by atoms with van der Waals surface area (Å²) in [6.07, 6.45) is 7.47. The second-order valence-corrected chi connectivity index (χ2v) is 6.09. The average Bonchev–Trinajstić information content (AvgIpc) is 3.30. The van der Waals surface area contributed by atoms with Crippen molar-refractivity contribution in [1.29, 1.82) is 0 Å². The molecule has 2 aromatic rings. The van der Waals surface area contributed by atoms with E-state index in [0.717, 1.165) is 29.1 Å². The number of fused-ring (bicyclic) bond motifs is 1. The number of aromatic nitrogens is 1. The van der Waals surface area contributed by atoms with Crippen LogP contribution in [0.1, 0.15) is 25.7 Å². The zero-order valence-corrected chi connectivity index (χ0v) is 11.0. The molecule has 0 aliphatic heterocycles. The molecule has 2 aliphatic carbocycles. The molecular formula is C16H19N3. The lowest BCUT2D eigenvalue weighted by Gasteiger charge is -2.17. The fraction of sp³-hybridized carbons (Fsp3) is 0.438. The zero-order chi connectivity index (χ0) is 12.9. The van der Waals surface area contributed by atoms with Crippen molar-refractivity contribution < 1.29 is 0 Å². The highest BCUT2D eigenvalue weighted by Crippen LogP contribution is 2.61. The first-order valence-corrected chi connectivity index (χ1v) is 7.16. The first-order chi connectivity index (χ1) is 9.28. The predicted molar refractivity (Wildman–Crippen MR) is 79.0 cm³/mol. The average molecular weight is 253 g/mol. The summed E-state index contributed by atoms with van der Waals surface area (Å²) in [4.78, 5) is 4.38. The van der Waals surface area contributed by atoms with Gasteiger partial charge in [0.05, 0.1) is 11.2 Å². The van der Waals surface area contributed by atoms with Crippen LogP contribution >= 0.6 is 0 Å². The van der Waals surface area contributed by atoms with Crippen LogP contribution in [0.2, 0.25) is 0 Å². The quantitative estimate of drug-likeness (QED) is 0.821. The van der Waals surface area contributed by atoms with Crippen LogP contribution in [-0.4, -0.2) is 11.5 Å². The molecule has 4 rings (SSSR count). The van der Waals surface area contributed by atoms with Gasteiger partial charge < -0.3 is 11.1 Å². The van der Waals surface area contributed by atoms with Gasteiger partial charge in [0.15, 0.2) is 0 Å². The molecule has 1 aromatic heterocycles. The Hall–Kier alpha value is -1.77. The lowest BCUT2D eigenvalue weighted by Crippen LogP contribution is -2.17. The lowest BCUT2D eigenvalue weighted by atomic mass is 10.0. The Kier molecular flexibility index (Phi) is 2.25. The lowest BCUT2D eigenvalue weighted by molar-refractivity contribution is 0.467. The Morgan fingerprint density at radius 2 is 2.11 bits per heavy atom. The van der Waals surface area contributed by atoms with Crippen LogP contribution in [0.5, 0.6) is 0 Å². The van der Waals surface area contributed by atoms with Gasteiger partial charge in [-0.3, -0.25) is 4.98 Å². The smallest absolute Gasteiger partial charge is 0.0951 e. The van der Waals surface area contributed by atoms with E-state index in [0.29, 0.717) is 5.41 Å². The van der Waals surface area contributed by atoms with Gasteiger partial charge in [0, 0.05) is 23.8 Å². The van der Waals surface area contributed by atoms with E-state index >= 15 is 0 Å². The summed E-state index contributed by atoms with van der Waals surface area (Å²) >= 11 is 0. The molecule has 0 spiro atoms. The van der Waals surface area contributed by atoms with Gasteiger partial charge in [0.25, 0.3) is 0 Å². The van der Waals surface area contributed by atoms with Crippen LogP contribution in [0.25, 0.3) is 10.9 Å². The number of nitrogen functional groups attached to an aromatic ring is 1. The molecule has 0 unspecified atom stereocenters. The number of hydrogen-bond donors (Lipinski definition) is 2. The molecule has 0 bridgehead atoms. The van der Waals surface area contributed by atoms with E-state index in [1.165, 1.54) is 31.4 Å². The fourth-order valence-electron chi connectivity index (χ4n) is 3.21. The highest BCUT2D eigenvalue weighted by molar-refractivity contribution is 5.98. The number of nitrogens with two attached hydrogens (primary N) is 1. The Morgan fingerprint density at radius 3 is 2.84 bits per heavy atom. The fourth-order valence-corrected chi connectivity index (χ4v) is 3.21. The number of rotatable bonds is 4. The van der Waals surface area contributed by atoms with Gasteiger partial charge in [-0.25, -0.2) is 0 Å². The number of nitrogens with one attached hydrogen (secondary N) is 1. The van der Waals surface area contributed by atoms with Gasteiger partial charge in [-0.2, -0.15) is 0 Å². The maximum absolute atomic E-state index is 5.99. The predicted octanol–water partition coefficient (Wildman–Crippen LogP) is 3.42. The summed E-state index contributed by atoms with van der Waals surface area (Å²) in [5, 5.41) is 4.78. The Bertz CT molecular complexity index is 627. The van der Waals surface area contributed by atoms with Crippen LogP contribution in [0.3, 0.4) is 0 Å². The summed E-state index contributed by atoms with van der Waals surface area (Å²) in [6, 6.07) is 8.11. The highest BCUT2D eigenvalue weighted by atomic mass is 14.9. The summed E-state index contributed by atoms with van der Waals surface area (Å²) in [5.41, 5.74) is 9.43. The van der Waals surface area contributed by atoms with Gasteiger partial charge in [-0.1, -0.05) is 0 Å². The summed E-state index contributed by atoms with van der Waals surface area (Å²) in [6.45, 7) is 1.10. The summed E-state index contributed by atoms with van der Waals surface area (Å²) in [7, 11) is 0. The van der Waals surface area contributed by atoms with E-state index in [1.54, 1.807) is 6.20 Å². The van der Waals surface area contributed by atoms with Gasteiger partial charge in [-0.15, -0.1) is 0 Å². The molecular weight excluding hydrogens is 234 g/mol. The molecule has 3 nitrogen and oxygen atoms in total. The van der Waals surface area contributed by atoms with E-state index < -0.39 is 0 Å². The molecule has 3 N–H and O–H groups in total. The SMILES string of the molecule is Nc1ccc(NCC2(C3CC3)CC2)c2cccnc12. The topological polar surface area (TPSA) is 50.9 Å². The third kappa shape index (κ3) is 1.84. The molecule has 19 heavy (non-hydrogen) atoms. The minimum atomic E-state index is 0.607. The molecule has 0 atom stereocenters. The number of hydrogen-bond acceptors (Lipinski definition) is 3. The van der Waals surface area contributed by atoms with Crippen molar-refractivity contribution in [3.05, 3.63) is 30.5 Å². The van der Waals surface area contributed by atoms with Crippen LogP contribution < -0.4 is 11.1 Å². The van der Waals surface area contributed by atoms with Gasteiger partial charge >= 0.3 is 0 Å². The van der Waals surface area contributed by atoms with Crippen molar-refractivity contribution >= 4 is 22.3 Å². The van der Waals surface area contributed by atoms with Crippen LogP contribution in [0.15, 0.2) is 30.5 Å². The van der Waals surface area contributed by atoms with Gasteiger partial charge in [-0.05, 0) is 61.3 Å². The second-order valence-electron chi connectivity index (χ2n) is 6.09. The maximum Gasteiger partial charge on any atom is 0.0951 e. The molecule has 2 aliphatic rings. The largest absolute Gasteiger partial charge is 0.397 e. The maximum atomic E-state index is 5.99. The van der Waals surface area contributed by atoms with E-state index in [4.69, 9.17) is 5.73 Å². The molecule has 1 aromatic carbocycles. The Labute approximate surface area is 113 Å². The second kappa shape index (κ2) is 3.86. The van der Waals surface area contributed by atoms with Crippen LogP contribution in [-0.2, 0) is 0 Å². The van der Waals surface area contributed by atoms with Crippen molar-refractivity contribution in [3.63, 3.8) is 0 Å². The van der Waals surface area contributed by atoms with E-state index in [-0.39, 0.29) is 0 Å². The molecule has 2 fully saturated rings. The monoisotopic (exact) mass is 253 g/mol. The van der Waals surface area contributed by atoms with Gasteiger partial charge in [0.2, 0.25) is 0 Å².